The lowest BCUT2D eigenvalue weighted by atomic mass is 10.0. The molecule has 0 bridgehead atoms. The Hall–Kier alpha value is -3.27. The molecule has 1 heterocycles. The Morgan fingerprint density at radius 2 is 2.00 bits per heavy atom. The number of aliphatic imine (C=N–C) groups is 1. The number of carbonyl (C=O) groups is 1. The molecule has 0 N–H and O–H groups in total. The number of ether oxygens (including phenoxy) is 1. The van der Waals surface area contributed by atoms with Crippen LogP contribution in [0.4, 0.5) is 0 Å². The number of hydrogen-bond donors (Lipinski definition) is 0. The quantitative estimate of drug-likeness (QED) is 0.179. The number of pyridine rings is 1. The summed E-state index contributed by atoms with van der Waals surface area (Å²) in [6, 6.07) is 11.8. The molecule has 0 aliphatic rings. The number of nitrogens with zero attached hydrogens (tertiary/aromatic N) is 2. The summed E-state index contributed by atoms with van der Waals surface area (Å²) in [6.45, 7) is 13.9. The van der Waals surface area contributed by atoms with E-state index in [4.69, 9.17) is 4.74 Å². The van der Waals surface area contributed by atoms with E-state index in [1.165, 1.54) is 6.08 Å². The van der Waals surface area contributed by atoms with E-state index >= 15 is 0 Å². The number of aryl methyl sites for hydroxylation is 2. The molecule has 29 heavy (non-hydrogen) atoms. The fourth-order valence-corrected chi connectivity index (χ4v) is 2.72. The molecule has 0 radical (unpaired) electrons. The van der Waals surface area contributed by atoms with E-state index in [1.807, 2.05) is 56.3 Å². The van der Waals surface area contributed by atoms with Gasteiger partial charge in [-0.2, -0.15) is 0 Å². The van der Waals surface area contributed by atoms with Crippen LogP contribution in [0.1, 0.15) is 47.8 Å². The molecule has 0 unspecified atom stereocenters. The lowest BCUT2D eigenvalue weighted by Crippen LogP contribution is -2.07. The fraction of sp³-hybridized carbons (Fsp3) is 0.240. The molecule has 0 amide bonds. The molecule has 0 saturated heterocycles. The van der Waals surface area contributed by atoms with Crippen molar-refractivity contribution in [2.45, 2.75) is 33.6 Å². The molecule has 4 heteroatoms. The van der Waals surface area contributed by atoms with Gasteiger partial charge in [0.15, 0.2) is 0 Å². The molecule has 0 spiro atoms. The third-order valence-electron chi connectivity index (χ3n) is 4.44. The van der Waals surface area contributed by atoms with Crippen molar-refractivity contribution in [2.24, 2.45) is 4.99 Å². The Bertz CT molecular complexity index is 955. The van der Waals surface area contributed by atoms with Gasteiger partial charge in [-0.3, -0.25) is 9.98 Å². The molecule has 2 rings (SSSR count). The van der Waals surface area contributed by atoms with E-state index in [-0.39, 0.29) is 5.97 Å². The van der Waals surface area contributed by atoms with Gasteiger partial charge in [-0.25, -0.2) is 4.79 Å². The second-order valence-corrected chi connectivity index (χ2v) is 6.76. The number of esters is 1. The van der Waals surface area contributed by atoms with Crippen LogP contribution in [0.3, 0.4) is 0 Å². The van der Waals surface area contributed by atoms with E-state index in [2.05, 4.69) is 30.2 Å². The Balaban J connectivity index is 2.38. The van der Waals surface area contributed by atoms with Gasteiger partial charge in [0.05, 0.1) is 23.6 Å². The molecule has 0 aliphatic carbocycles. The first-order valence-corrected chi connectivity index (χ1v) is 9.72. The molecular weight excluding hydrogens is 360 g/mol. The fourth-order valence-electron chi connectivity index (χ4n) is 2.72. The zero-order valence-corrected chi connectivity index (χ0v) is 17.4. The largest absolute Gasteiger partial charge is 0.462 e. The molecule has 1 aromatic carbocycles. The van der Waals surface area contributed by atoms with Crippen LogP contribution in [0.2, 0.25) is 0 Å². The Kier molecular flexibility index (Phi) is 8.28. The van der Waals surface area contributed by atoms with Crippen LogP contribution in [-0.2, 0) is 9.53 Å². The molecule has 0 saturated carbocycles. The number of benzene rings is 1. The number of aromatic nitrogens is 1. The lowest BCUT2D eigenvalue weighted by Gasteiger charge is -2.09. The van der Waals surface area contributed by atoms with Crippen molar-refractivity contribution in [3.63, 3.8) is 0 Å². The van der Waals surface area contributed by atoms with Crippen LogP contribution < -0.4 is 0 Å². The first-order chi connectivity index (χ1) is 14.0. The van der Waals surface area contributed by atoms with Gasteiger partial charge in [0.25, 0.3) is 0 Å². The average Bonchev–Trinajstić information content (AvgIpc) is 2.71. The average molecular weight is 389 g/mol. The summed E-state index contributed by atoms with van der Waals surface area (Å²) in [5, 5.41) is 0. The van der Waals surface area contributed by atoms with Gasteiger partial charge < -0.3 is 4.74 Å². The summed E-state index contributed by atoms with van der Waals surface area (Å²) in [4.78, 5) is 21.0. The van der Waals surface area contributed by atoms with Crippen molar-refractivity contribution < 1.29 is 9.53 Å². The highest BCUT2D eigenvalue weighted by Crippen LogP contribution is 2.23. The zero-order valence-electron chi connectivity index (χ0n) is 17.4. The molecule has 1 aromatic heterocycles. The minimum atomic E-state index is -0.361. The lowest BCUT2D eigenvalue weighted by molar-refractivity contribution is -0.138. The first-order valence-electron chi connectivity index (χ1n) is 9.72. The van der Waals surface area contributed by atoms with Gasteiger partial charge in [-0.1, -0.05) is 44.2 Å². The van der Waals surface area contributed by atoms with Crippen molar-refractivity contribution in [3.05, 3.63) is 82.7 Å². The summed E-state index contributed by atoms with van der Waals surface area (Å²) in [7, 11) is 0. The predicted molar refractivity (Wildman–Crippen MR) is 122 cm³/mol. The van der Waals surface area contributed by atoms with Crippen molar-refractivity contribution in [1.82, 2.24) is 4.98 Å². The van der Waals surface area contributed by atoms with E-state index in [0.717, 1.165) is 40.9 Å². The predicted octanol–water partition coefficient (Wildman–Crippen LogP) is 5.81. The Labute approximate surface area is 173 Å². The molecule has 2 aromatic rings. The van der Waals surface area contributed by atoms with Gasteiger partial charge >= 0.3 is 5.97 Å². The molecule has 0 fully saturated rings. The second kappa shape index (κ2) is 10.9. The number of rotatable bonds is 9. The standard InChI is InChI=1S/C25H28N2O2/c1-6-8-14-29-25(28)20(7-2)15-22-16-21(13-12-18(22)3)24(26-5)17-23-11-9-10-19(4)27-23/h7,9-13,15-17H,2,5-6,8,14H2,1,3-4H3/b20-15+,24-17?. The molecular formula is C25H28N2O2. The highest BCUT2D eigenvalue weighted by atomic mass is 16.5. The van der Waals surface area contributed by atoms with Crippen LogP contribution in [-0.4, -0.2) is 24.3 Å². The normalized spacial score (nSPS) is 11.8. The summed E-state index contributed by atoms with van der Waals surface area (Å²) in [5.41, 5.74) is 5.72. The van der Waals surface area contributed by atoms with E-state index in [1.54, 1.807) is 6.08 Å². The molecule has 0 atom stereocenters. The van der Waals surface area contributed by atoms with Gasteiger partial charge in [0.1, 0.15) is 0 Å². The third kappa shape index (κ3) is 6.39. The molecule has 0 aliphatic heterocycles. The van der Waals surface area contributed by atoms with Crippen molar-refractivity contribution in [1.29, 1.82) is 0 Å². The van der Waals surface area contributed by atoms with Crippen LogP contribution in [0.5, 0.6) is 0 Å². The first kappa shape index (κ1) is 22.0. The van der Waals surface area contributed by atoms with Gasteiger partial charge in [0, 0.05) is 11.3 Å². The summed E-state index contributed by atoms with van der Waals surface area (Å²) in [6.07, 6.45) is 7.04. The van der Waals surface area contributed by atoms with E-state index in [0.29, 0.717) is 17.9 Å². The maximum atomic E-state index is 12.3. The zero-order chi connectivity index (χ0) is 21.2. The summed E-state index contributed by atoms with van der Waals surface area (Å²) < 4.78 is 5.31. The Morgan fingerprint density at radius 3 is 2.66 bits per heavy atom. The second-order valence-electron chi connectivity index (χ2n) is 6.76. The van der Waals surface area contributed by atoms with Crippen molar-refractivity contribution >= 4 is 30.5 Å². The summed E-state index contributed by atoms with van der Waals surface area (Å²) in [5.74, 6) is -0.361. The van der Waals surface area contributed by atoms with E-state index in [9.17, 15) is 4.79 Å². The minimum Gasteiger partial charge on any atom is -0.462 e. The van der Waals surface area contributed by atoms with Crippen molar-refractivity contribution in [3.8, 4) is 0 Å². The molecule has 150 valence electrons. The third-order valence-corrected chi connectivity index (χ3v) is 4.44. The van der Waals surface area contributed by atoms with Gasteiger partial charge in [-0.15, -0.1) is 0 Å². The van der Waals surface area contributed by atoms with Crippen molar-refractivity contribution in [2.75, 3.05) is 6.61 Å². The van der Waals surface area contributed by atoms with Crippen LogP contribution in [0.25, 0.3) is 17.8 Å². The Morgan fingerprint density at radius 1 is 1.21 bits per heavy atom. The van der Waals surface area contributed by atoms with Crippen LogP contribution >= 0.6 is 0 Å². The highest BCUT2D eigenvalue weighted by Gasteiger charge is 2.10. The number of carbonyl (C=O) groups excluding carboxylic acids is 1. The smallest absolute Gasteiger partial charge is 0.338 e. The van der Waals surface area contributed by atoms with Crippen LogP contribution in [0.15, 0.2) is 59.6 Å². The monoisotopic (exact) mass is 388 g/mol. The maximum absolute atomic E-state index is 12.3. The van der Waals surface area contributed by atoms with Gasteiger partial charge in [0.2, 0.25) is 0 Å². The number of hydrogen-bond acceptors (Lipinski definition) is 4. The van der Waals surface area contributed by atoms with Gasteiger partial charge in [-0.05, 0) is 68.5 Å². The van der Waals surface area contributed by atoms with E-state index < -0.39 is 0 Å². The minimum absolute atomic E-state index is 0.361. The van der Waals surface area contributed by atoms with Crippen LogP contribution in [0, 0.1) is 13.8 Å². The SMILES string of the molecule is C=C/C(=C\c1cc(C(=Cc2cccc(C)n2)N=C)ccc1C)C(=O)OCCCC. The highest BCUT2D eigenvalue weighted by molar-refractivity contribution is 5.97. The number of unbranched alkanes of at least 4 members (excludes halogenated alkanes) is 1. The summed E-state index contributed by atoms with van der Waals surface area (Å²) >= 11 is 0. The maximum Gasteiger partial charge on any atom is 0.338 e. The topological polar surface area (TPSA) is 51.5 Å². The molecule has 4 nitrogen and oxygen atoms in total.